The number of piperazine rings is 1. The van der Waals surface area contributed by atoms with Gasteiger partial charge in [0.25, 0.3) is 0 Å². The Morgan fingerprint density at radius 1 is 1.52 bits per heavy atom. The highest BCUT2D eigenvalue weighted by atomic mass is 79.9. The standard InChI is InChI=1S/C15H20BrN3O2/c1-9-8-19(6-5-17-9)14-11(15(20)21-2)7-12(16)13(18-14)10-3-4-10/h7,9-10,17H,3-6,8H2,1-2H3. The second-order valence-corrected chi connectivity index (χ2v) is 6.65. The lowest BCUT2D eigenvalue weighted by Crippen LogP contribution is -2.50. The third-order valence-electron chi connectivity index (χ3n) is 4.02. The number of aromatic nitrogens is 1. The van der Waals surface area contributed by atoms with Crippen LogP contribution in [0.2, 0.25) is 0 Å². The maximum atomic E-state index is 12.1. The fourth-order valence-electron chi connectivity index (χ4n) is 2.76. The molecule has 1 saturated heterocycles. The van der Waals surface area contributed by atoms with Crippen molar-refractivity contribution in [2.75, 3.05) is 31.6 Å². The molecule has 0 radical (unpaired) electrons. The number of ether oxygens (including phenoxy) is 1. The van der Waals surface area contributed by atoms with Gasteiger partial charge in [-0.25, -0.2) is 9.78 Å². The summed E-state index contributed by atoms with van der Waals surface area (Å²) in [5.41, 5.74) is 1.62. The Hall–Kier alpha value is -1.14. The van der Waals surface area contributed by atoms with Gasteiger partial charge in [0.1, 0.15) is 11.4 Å². The van der Waals surface area contributed by atoms with E-state index < -0.39 is 0 Å². The molecule has 3 rings (SSSR count). The van der Waals surface area contributed by atoms with Gasteiger partial charge in [-0.15, -0.1) is 0 Å². The normalized spacial score (nSPS) is 22.2. The number of hydrogen-bond donors (Lipinski definition) is 1. The Labute approximate surface area is 133 Å². The van der Waals surface area contributed by atoms with Crippen molar-refractivity contribution < 1.29 is 9.53 Å². The van der Waals surface area contributed by atoms with E-state index in [0.717, 1.165) is 35.6 Å². The number of anilines is 1. The summed E-state index contributed by atoms with van der Waals surface area (Å²) in [5, 5.41) is 3.41. The van der Waals surface area contributed by atoms with Crippen LogP contribution in [0.15, 0.2) is 10.5 Å². The molecule has 1 aromatic heterocycles. The summed E-state index contributed by atoms with van der Waals surface area (Å²) in [5.74, 6) is 0.970. The molecule has 1 aliphatic heterocycles. The van der Waals surface area contributed by atoms with Gasteiger partial charge in [0.15, 0.2) is 0 Å². The highest BCUT2D eigenvalue weighted by molar-refractivity contribution is 9.10. The molecule has 2 fully saturated rings. The molecular formula is C15H20BrN3O2. The topological polar surface area (TPSA) is 54.5 Å². The summed E-state index contributed by atoms with van der Waals surface area (Å²) in [6.07, 6.45) is 2.36. The predicted molar refractivity (Wildman–Crippen MR) is 84.9 cm³/mol. The first-order valence-electron chi connectivity index (χ1n) is 7.37. The molecule has 1 atom stereocenters. The van der Waals surface area contributed by atoms with E-state index in [9.17, 15) is 4.79 Å². The van der Waals surface area contributed by atoms with Crippen molar-refractivity contribution in [3.8, 4) is 0 Å². The highest BCUT2D eigenvalue weighted by Gasteiger charge is 2.31. The quantitative estimate of drug-likeness (QED) is 0.845. The molecule has 1 saturated carbocycles. The minimum absolute atomic E-state index is 0.327. The Balaban J connectivity index is 2.01. The maximum absolute atomic E-state index is 12.1. The van der Waals surface area contributed by atoms with Crippen molar-refractivity contribution in [1.29, 1.82) is 0 Å². The molecular weight excluding hydrogens is 334 g/mol. The third-order valence-corrected chi connectivity index (χ3v) is 4.66. The smallest absolute Gasteiger partial charge is 0.341 e. The number of methoxy groups -OCH3 is 1. The van der Waals surface area contributed by atoms with Crippen LogP contribution in [0.1, 0.15) is 41.7 Å². The molecule has 0 aromatic carbocycles. The Bertz CT molecular complexity index is 560. The van der Waals surface area contributed by atoms with Crippen LogP contribution in [0.25, 0.3) is 0 Å². The van der Waals surface area contributed by atoms with E-state index >= 15 is 0 Å². The first-order valence-corrected chi connectivity index (χ1v) is 8.16. The van der Waals surface area contributed by atoms with E-state index in [1.54, 1.807) is 0 Å². The molecule has 1 N–H and O–H groups in total. The second-order valence-electron chi connectivity index (χ2n) is 5.79. The number of rotatable bonds is 3. The van der Waals surface area contributed by atoms with E-state index in [4.69, 9.17) is 9.72 Å². The van der Waals surface area contributed by atoms with Gasteiger partial charge in [0.2, 0.25) is 0 Å². The zero-order chi connectivity index (χ0) is 15.0. The molecule has 2 heterocycles. The summed E-state index contributed by atoms with van der Waals surface area (Å²) in [6.45, 7) is 4.75. The van der Waals surface area contributed by atoms with Crippen LogP contribution in [0.3, 0.4) is 0 Å². The zero-order valence-corrected chi connectivity index (χ0v) is 13.9. The lowest BCUT2D eigenvalue weighted by molar-refractivity contribution is 0.0600. The summed E-state index contributed by atoms with van der Waals surface area (Å²) in [6, 6.07) is 2.26. The number of carbonyl (C=O) groups is 1. The van der Waals surface area contributed by atoms with E-state index in [0.29, 0.717) is 17.5 Å². The molecule has 21 heavy (non-hydrogen) atoms. The molecule has 5 nitrogen and oxygen atoms in total. The molecule has 0 spiro atoms. The van der Waals surface area contributed by atoms with Gasteiger partial charge >= 0.3 is 5.97 Å². The maximum Gasteiger partial charge on any atom is 0.341 e. The van der Waals surface area contributed by atoms with Gasteiger partial charge in [-0.2, -0.15) is 0 Å². The fraction of sp³-hybridized carbons (Fsp3) is 0.600. The van der Waals surface area contributed by atoms with E-state index in [2.05, 4.69) is 33.1 Å². The average Bonchev–Trinajstić information content (AvgIpc) is 3.30. The highest BCUT2D eigenvalue weighted by Crippen LogP contribution is 2.43. The SMILES string of the molecule is COC(=O)c1cc(Br)c(C2CC2)nc1N1CCNC(C)C1. The van der Waals surface area contributed by atoms with Crippen LogP contribution in [0.5, 0.6) is 0 Å². The number of hydrogen-bond acceptors (Lipinski definition) is 5. The first-order chi connectivity index (χ1) is 10.1. The van der Waals surface area contributed by atoms with E-state index in [-0.39, 0.29) is 5.97 Å². The van der Waals surface area contributed by atoms with Gasteiger partial charge < -0.3 is 15.0 Å². The average molecular weight is 354 g/mol. The Kier molecular flexibility index (Phi) is 4.17. The van der Waals surface area contributed by atoms with Gasteiger partial charge in [0.05, 0.1) is 12.8 Å². The predicted octanol–water partition coefficient (Wildman–Crippen LogP) is 2.31. The molecule has 2 aliphatic rings. The third kappa shape index (κ3) is 3.06. The number of esters is 1. The van der Waals surface area contributed by atoms with Crippen LogP contribution in [0, 0.1) is 0 Å². The summed E-state index contributed by atoms with van der Waals surface area (Å²) in [7, 11) is 1.41. The fourth-order valence-corrected chi connectivity index (χ4v) is 3.40. The second kappa shape index (κ2) is 5.93. The number of carbonyl (C=O) groups excluding carboxylic acids is 1. The minimum atomic E-state index is -0.327. The monoisotopic (exact) mass is 353 g/mol. The largest absolute Gasteiger partial charge is 0.465 e. The van der Waals surface area contributed by atoms with Gasteiger partial charge in [-0.3, -0.25) is 0 Å². The number of nitrogens with zero attached hydrogens (tertiary/aromatic N) is 2. The molecule has 1 unspecified atom stereocenters. The molecule has 6 heteroatoms. The summed E-state index contributed by atoms with van der Waals surface area (Å²) < 4.78 is 5.84. The summed E-state index contributed by atoms with van der Waals surface area (Å²) in [4.78, 5) is 19.1. The van der Waals surface area contributed by atoms with E-state index in [1.165, 1.54) is 20.0 Å². The van der Waals surface area contributed by atoms with Gasteiger partial charge in [-0.1, -0.05) is 0 Å². The molecule has 1 aliphatic carbocycles. The van der Waals surface area contributed by atoms with Gasteiger partial charge in [0, 0.05) is 36.1 Å². The first kappa shape index (κ1) is 14.8. The van der Waals surface area contributed by atoms with Crippen LogP contribution in [0.4, 0.5) is 5.82 Å². The van der Waals surface area contributed by atoms with Gasteiger partial charge in [-0.05, 0) is 41.8 Å². The lowest BCUT2D eigenvalue weighted by Gasteiger charge is -2.34. The molecule has 0 amide bonds. The van der Waals surface area contributed by atoms with Crippen molar-refractivity contribution in [3.05, 3.63) is 21.8 Å². The Morgan fingerprint density at radius 2 is 2.29 bits per heavy atom. The molecule has 1 aromatic rings. The summed E-state index contributed by atoms with van der Waals surface area (Å²) >= 11 is 3.55. The minimum Gasteiger partial charge on any atom is -0.465 e. The molecule has 0 bridgehead atoms. The van der Waals surface area contributed by atoms with Crippen LogP contribution in [-0.4, -0.2) is 43.7 Å². The van der Waals surface area contributed by atoms with Crippen molar-refractivity contribution in [2.45, 2.75) is 31.7 Å². The Morgan fingerprint density at radius 3 is 2.90 bits per heavy atom. The van der Waals surface area contributed by atoms with Crippen LogP contribution < -0.4 is 10.2 Å². The van der Waals surface area contributed by atoms with E-state index in [1.807, 2.05) is 6.07 Å². The number of nitrogens with one attached hydrogen (secondary N) is 1. The zero-order valence-electron chi connectivity index (χ0n) is 12.4. The molecule has 114 valence electrons. The van der Waals surface area contributed by atoms with Crippen molar-refractivity contribution in [1.82, 2.24) is 10.3 Å². The van der Waals surface area contributed by atoms with Crippen LogP contribution >= 0.6 is 15.9 Å². The van der Waals surface area contributed by atoms with Crippen molar-refractivity contribution in [2.24, 2.45) is 0 Å². The number of halogens is 1. The van der Waals surface area contributed by atoms with Crippen LogP contribution in [-0.2, 0) is 4.74 Å². The van der Waals surface area contributed by atoms with Crippen molar-refractivity contribution in [3.63, 3.8) is 0 Å². The van der Waals surface area contributed by atoms with Crippen molar-refractivity contribution >= 4 is 27.7 Å². The lowest BCUT2D eigenvalue weighted by atomic mass is 10.1. The number of pyridine rings is 1.